The SMILES string of the molecule is N[C@@H](c1ccsc1)c1cc(Br)cc(Br)c1O. The Morgan fingerprint density at radius 3 is 2.69 bits per heavy atom. The van der Waals surface area contributed by atoms with Crippen molar-refractivity contribution in [1.29, 1.82) is 0 Å². The van der Waals surface area contributed by atoms with Crippen molar-refractivity contribution >= 4 is 43.2 Å². The second-order valence-corrected chi connectivity index (χ2v) is 5.91. The van der Waals surface area contributed by atoms with E-state index in [1.165, 1.54) is 0 Å². The third-order valence-corrected chi connectivity index (χ3v) is 4.06. The molecule has 1 heterocycles. The third kappa shape index (κ3) is 2.32. The Morgan fingerprint density at radius 1 is 1.31 bits per heavy atom. The van der Waals surface area contributed by atoms with E-state index < -0.39 is 0 Å². The molecule has 0 aliphatic heterocycles. The molecule has 5 heteroatoms. The summed E-state index contributed by atoms with van der Waals surface area (Å²) in [5.74, 6) is 0.196. The second-order valence-electron chi connectivity index (χ2n) is 3.36. The van der Waals surface area contributed by atoms with Crippen LogP contribution in [0.2, 0.25) is 0 Å². The van der Waals surface area contributed by atoms with Crippen molar-refractivity contribution in [3.05, 3.63) is 49.0 Å². The van der Waals surface area contributed by atoms with Crippen LogP contribution in [-0.4, -0.2) is 5.11 Å². The first kappa shape index (κ1) is 12.1. The Kier molecular flexibility index (Phi) is 3.69. The van der Waals surface area contributed by atoms with Crippen molar-refractivity contribution < 1.29 is 5.11 Å². The van der Waals surface area contributed by atoms with Crippen LogP contribution in [-0.2, 0) is 0 Å². The molecule has 0 bridgehead atoms. The number of phenolic OH excluding ortho intramolecular Hbond substituents is 1. The molecular formula is C11H9Br2NOS. The van der Waals surface area contributed by atoms with E-state index in [1.807, 2.05) is 22.9 Å². The molecule has 2 rings (SSSR count). The topological polar surface area (TPSA) is 46.2 Å². The average Bonchev–Trinajstić information content (AvgIpc) is 2.75. The zero-order chi connectivity index (χ0) is 11.7. The molecule has 3 N–H and O–H groups in total. The summed E-state index contributed by atoms with van der Waals surface area (Å²) in [6.07, 6.45) is 0. The van der Waals surface area contributed by atoms with Gasteiger partial charge in [-0.05, 0) is 50.5 Å². The summed E-state index contributed by atoms with van der Waals surface area (Å²) >= 11 is 8.27. The zero-order valence-electron chi connectivity index (χ0n) is 8.15. The predicted octanol–water partition coefficient (Wildman–Crippen LogP) is 4.03. The van der Waals surface area contributed by atoms with E-state index in [4.69, 9.17) is 5.73 Å². The molecule has 1 aromatic heterocycles. The maximum Gasteiger partial charge on any atom is 0.134 e. The number of benzene rings is 1. The molecule has 0 amide bonds. The molecular weight excluding hydrogens is 354 g/mol. The lowest BCUT2D eigenvalue weighted by Crippen LogP contribution is -2.11. The van der Waals surface area contributed by atoms with E-state index in [0.717, 1.165) is 10.0 Å². The van der Waals surface area contributed by atoms with Crippen LogP contribution in [0.25, 0.3) is 0 Å². The Hall–Kier alpha value is -0.360. The highest BCUT2D eigenvalue weighted by Gasteiger charge is 2.16. The lowest BCUT2D eigenvalue weighted by atomic mass is 10.0. The molecule has 0 radical (unpaired) electrons. The Morgan fingerprint density at radius 2 is 2.06 bits per heavy atom. The van der Waals surface area contributed by atoms with E-state index in [1.54, 1.807) is 17.4 Å². The summed E-state index contributed by atoms with van der Waals surface area (Å²) < 4.78 is 1.53. The van der Waals surface area contributed by atoms with Gasteiger partial charge in [0.05, 0.1) is 10.5 Å². The van der Waals surface area contributed by atoms with Gasteiger partial charge in [-0.15, -0.1) is 0 Å². The standard InChI is InChI=1S/C11H9Br2NOS/c12-7-3-8(11(15)9(13)4-7)10(14)6-1-2-16-5-6/h1-5,10,15H,14H2/t10-/m0/s1. The van der Waals surface area contributed by atoms with E-state index in [2.05, 4.69) is 31.9 Å². The van der Waals surface area contributed by atoms with Crippen LogP contribution in [0, 0.1) is 0 Å². The first-order chi connectivity index (χ1) is 7.59. The predicted molar refractivity (Wildman–Crippen MR) is 73.9 cm³/mol. The van der Waals surface area contributed by atoms with E-state index >= 15 is 0 Å². The molecule has 0 spiro atoms. The molecule has 1 atom stereocenters. The van der Waals surface area contributed by atoms with Gasteiger partial charge >= 0.3 is 0 Å². The van der Waals surface area contributed by atoms with Gasteiger partial charge in [0.1, 0.15) is 5.75 Å². The minimum Gasteiger partial charge on any atom is -0.506 e. The van der Waals surface area contributed by atoms with Gasteiger partial charge < -0.3 is 10.8 Å². The molecule has 0 saturated carbocycles. The van der Waals surface area contributed by atoms with Crippen molar-refractivity contribution in [2.24, 2.45) is 5.73 Å². The smallest absolute Gasteiger partial charge is 0.134 e. The highest BCUT2D eigenvalue weighted by Crippen LogP contribution is 2.36. The lowest BCUT2D eigenvalue weighted by Gasteiger charge is -2.14. The van der Waals surface area contributed by atoms with Gasteiger partial charge in [0, 0.05) is 10.0 Å². The average molecular weight is 363 g/mol. The van der Waals surface area contributed by atoms with Gasteiger partial charge in [-0.25, -0.2) is 0 Å². The van der Waals surface area contributed by atoms with Crippen LogP contribution in [0.1, 0.15) is 17.2 Å². The van der Waals surface area contributed by atoms with Crippen molar-refractivity contribution in [2.45, 2.75) is 6.04 Å². The minimum atomic E-state index is -0.306. The second kappa shape index (κ2) is 4.87. The monoisotopic (exact) mass is 361 g/mol. The number of halogens is 2. The summed E-state index contributed by atoms with van der Waals surface area (Å²) in [5.41, 5.74) is 7.82. The summed E-state index contributed by atoms with van der Waals surface area (Å²) in [7, 11) is 0. The molecule has 2 nitrogen and oxygen atoms in total. The fraction of sp³-hybridized carbons (Fsp3) is 0.0909. The van der Waals surface area contributed by atoms with Gasteiger partial charge in [0.15, 0.2) is 0 Å². The first-order valence-electron chi connectivity index (χ1n) is 4.55. The van der Waals surface area contributed by atoms with E-state index in [9.17, 15) is 5.11 Å². The number of aromatic hydroxyl groups is 1. The Labute approximate surface area is 114 Å². The lowest BCUT2D eigenvalue weighted by molar-refractivity contribution is 0.461. The third-order valence-electron chi connectivity index (χ3n) is 2.30. The van der Waals surface area contributed by atoms with Gasteiger partial charge in [-0.2, -0.15) is 11.3 Å². The van der Waals surface area contributed by atoms with E-state index in [-0.39, 0.29) is 11.8 Å². The van der Waals surface area contributed by atoms with Crippen LogP contribution >= 0.6 is 43.2 Å². The van der Waals surface area contributed by atoms with Crippen LogP contribution in [0.15, 0.2) is 37.9 Å². The molecule has 0 aliphatic rings. The molecule has 16 heavy (non-hydrogen) atoms. The summed E-state index contributed by atoms with van der Waals surface area (Å²) in [6, 6.07) is 5.28. The van der Waals surface area contributed by atoms with Gasteiger partial charge in [-0.1, -0.05) is 15.9 Å². The van der Waals surface area contributed by atoms with Gasteiger partial charge in [-0.3, -0.25) is 0 Å². The van der Waals surface area contributed by atoms with Gasteiger partial charge in [0.25, 0.3) is 0 Å². The Bertz CT molecular complexity index is 499. The maximum absolute atomic E-state index is 9.95. The van der Waals surface area contributed by atoms with Crippen molar-refractivity contribution in [2.75, 3.05) is 0 Å². The zero-order valence-corrected chi connectivity index (χ0v) is 12.1. The van der Waals surface area contributed by atoms with Crippen molar-refractivity contribution in [1.82, 2.24) is 0 Å². The molecule has 2 aromatic rings. The van der Waals surface area contributed by atoms with Crippen LogP contribution in [0.3, 0.4) is 0 Å². The first-order valence-corrected chi connectivity index (χ1v) is 7.08. The summed E-state index contributed by atoms with van der Waals surface area (Å²) in [6.45, 7) is 0. The normalized spacial score (nSPS) is 12.7. The number of rotatable bonds is 2. The van der Waals surface area contributed by atoms with Crippen LogP contribution in [0.4, 0.5) is 0 Å². The largest absolute Gasteiger partial charge is 0.506 e. The summed E-state index contributed by atoms with van der Waals surface area (Å²) in [5, 5.41) is 13.9. The van der Waals surface area contributed by atoms with Crippen LogP contribution in [0.5, 0.6) is 5.75 Å². The molecule has 0 unspecified atom stereocenters. The highest BCUT2D eigenvalue weighted by molar-refractivity contribution is 9.11. The van der Waals surface area contributed by atoms with Crippen molar-refractivity contribution in [3.8, 4) is 5.75 Å². The molecule has 0 saturated heterocycles. The van der Waals surface area contributed by atoms with E-state index in [0.29, 0.717) is 10.0 Å². The van der Waals surface area contributed by atoms with Crippen LogP contribution < -0.4 is 5.73 Å². The van der Waals surface area contributed by atoms with Crippen molar-refractivity contribution in [3.63, 3.8) is 0 Å². The number of hydrogen-bond donors (Lipinski definition) is 2. The number of hydrogen-bond acceptors (Lipinski definition) is 3. The molecule has 0 aliphatic carbocycles. The molecule has 84 valence electrons. The Balaban J connectivity index is 2.48. The number of thiophene rings is 1. The quantitative estimate of drug-likeness (QED) is 0.847. The fourth-order valence-electron chi connectivity index (χ4n) is 1.45. The minimum absolute atomic E-state index is 0.196. The van der Waals surface area contributed by atoms with Gasteiger partial charge in [0.2, 0.25) is 0 Å². The maximum atomic E-state index is 9.95. The number of nitrogens with two attached hydrogens (primary N) is 1. The summed E-state index contributed by atoms with van der Waals surface area (Å²) in [4.78, 5) is 0. The number of phenols is 1. The molecule has 1 aromatic carbocycles. The fourth-order valence-corrected chi connectivity index (χ4v) is 3.41. The molecule has 0 fully saturated rings. The highest BCUT2D eigenvalue weighted by atomic mass is 79.9.